The third-order valence-corrected chi connectivity index (χ3v) is 6.01. The Kier molecular flexibility index (Phi) is 5.12. The summed E-state index contributed by atoms with van der Waals surface area (Å²) >= 11 is 3.30. The third kappa shape index (κ3) is 3.91. The lowest BCUT2D eigenvalue weighted by Gasteiger charge is -2.18. The number of hydrogen-bond donors (Lipinski definition) is 1. The fraction of sp³-hybridized carbons (Fsp3) is 0.294. The average molecular weight is 411 g/mol. The molecule has 0 aliphatic carbocycles. The van der Waals surface area contributed by atoms with Crippen molar-refractivity contribution in [1.82, 2.24) is 0 Å². The van der Waals surface area contributed by atoms with Gasteiger partial charge in [0.05, 0.1) is 11.0 Å². The van der Waals surface area contributed by atoms with Crippen molar-refractivity contribution < 1.29 is 13.2 Å². The number of rotatable bonds is 5. The van der Waals surface area contributed by atoms with Crippen LogP contribution in [0.2, 0.25) is 0 Å². The van der Waals surface area contributed by atoms with Crippen LogP contribution in [-0.4, -0.2) is 34.7 Å². The number of halogens is 1. The molecule has 0 bridgehead atoms. The van der Waals surface area contributed by atoms with E-state index < -0.39 is 10.0 Å². The van der Waals surface area contributed by atoms with Crippen LogP contribution in [0, 0.1) is 0 Å². The van der Waals surface area contributed by atoms with Gasteiger partial charge in [-0.25, -0.2) is 8.42 Å². The van der Waals surface area contributed by atoms with Crippen LogP contribution in [0.5, 0.6) is 0 Å². The lowest BCUT2D eigenvalue weighted by Crippen LogP contribution is -2.22. The van der Waals surface area contributed by atoms with Crippen LogP contribution in [0.4, 0.5) is 11.4 Å². The molecule has 2 aromatic carbocycles. The largest absolute Gasteiger partial charge is 0.380 e. The Morgan fingerprint density at radius 3 is 2.38 bits per heavy atom. The second-order valence-corrected chi connectivity index (χ2v) is 8.30. The molecule has 3 rings (SSSR count). The van der Waals surface area contributed by atoms with Crippen molar-refractivity contribution >= 4 is 37.3 Å². The number of hydrogen-bond acceptors (Lipinski definition) is 4. The van der Waals surface area contributed by atoms with E-state index in [1.165, 1.54) is 0 Å². The minimum atomic E-state index is -3.58. The molecule has 0 radical (unpaired) electrons. The molecule has 128 valence electrons. The summed E-state index contributed by atoms with van der Waals surface area (Å²) in [6, 6.07) is 14.0. The SMILES string of the molecule is COC1CCN(c2ccc(NS(=O)(=O)c3ccc(Br)cc3)cc2)C1. The summed E-state index contributed by atoms with van der Waals surface area (Å²) in [4.78, 5) is 2.47. The summed E-state index contributed by atoms with van der Waals surface area (Å²) in [7, 11) is -1.85. The van der Waals surface area contributed by atoms with Gasteiger partial charge < -0.3 is 9.64 Å². The molecule has 7 heteroatoms. The highest BCUT2D eigenvalue weighted by Gasteiger charge is 2.22. The van der Waals surface area contributed by atoms with Crippen molar-refractivity contribution in [2.24, 2.45) is 0 Å². The number of anilines is 2. The van der Waals surface area contributed by atoms with Gasteiger partial charge in [-0.2, -0.15) is 0 Å². The molecular formula is C17H19BrN2O3S. The van der Waals surface area contributed by atoms with Gasteiger partial charge in [-0.15, -0.1) is 0 Å². The molecule has 5 nitrogen and oxygen atoms in total. The van der Waals surface area contributed by atoms with Gasteiger partial charge >= 0.3 is 0 Å². The summed E-state index contributed by atoms with van der Waals surface area (Å²) < 4.78 is 33.6. The predicted octanol–water partition coefficient (Wildman–Crippen LogP) is 3.48. The minimum absolute atomic E-state index is 0.234. The van der Waals surface area contributed by atoms with E-state index in [1.807, 2.05) is 12.1 Å². The first kappa shape index (κ1) is 17.3. The first-order valence-corrected chi connectivity index (χ1v) is 9.92. The van der Waals surface area contributed by atoms with Gasteiger partial charge in [0.15, 0.2) is 0 Å². The second-order valence-electron chi connectivity index (χ2n) is 5.70. The second kappa shape index (κ2) is 7.13. The highest BCUT2D eigenvalue weighted by atomic mass is 79.9. The molecule has 1 fully saturated rings. The third-order valence-electron chi connectivity index (χ3n) is 4.09. The van der Waals surface area contributed by atoms with Gasteiger partial charge in [0.25, 0.3) is 10.0 Å². The van der Waals surface area contributed by atoms with Crippen LogP contribution < -0.4 is 9.62 Å². The molecule has 1 unspecified atom stereocenters. The zero-order valence-corrected chi connectivity index (χ0v) is 15.7. The fourth-order valence-corrected chi connectivity index (χ4v) is 4.05. The summed E-state index contributed by atoms with van der Waals surface area (Å²) in [5, 5.41) is 0. The van der Waals surface area contributed by atoms with Crippen LogP contribution >= 0.6 is 15.9 Å². The number of methoxy groups -OCH3 is 1. The molecule has 0 aromatic heterocycles. The Morgan fingerprint density at radius 1 is 1.12 bits per heavy atom. The van der Waals surface area contributed by atoms with E-state index in [-0.39, 0.29) is 11.0 Å². The lowest BCUT2D eigenvalue weighted by atomic mass is 10.2. The number of benzene rings is 2. The molecule has 0 saturated carbocycles. The van der Waals surface area contributed by atoms with E-state index in [4.69, 9.17) is 4.74 Å². The molecule has 1 N–H and O–H groups in total. The first-order valence-electron chi connectivity index (χ1n) is 7.64. The maximum atomic E-state index is 12.4. The van der Waals surface area contributed by atoms with E-state index in [9.17, 15) is 8.42 Å². The van der Waals surface area contributed by atoms with Crippen LogP contribution in [0.25, 0.3) is 0 Å². The van der Waals surface area contributed by atoms with Gasteiger partial charge in [0.2, 0.25) is 0 Å². The quantitative estimate of drug-likeness (QED) is 0.819. The average Bonchev–Trinajstić information content (AvgIpc) is 3.05. The van der Waals surface area contributed by atoms with E-state index in [2.05, 4.69) is 25.6 Å². The molecule has 2 aromatic rings. The maximum absolute atomic E-state index is 12.4. The topological polar surface area (TPSA) is 58.6 Å². The van der Waals surface area contributed by atoms with Gasteiger partial charge in [0.1, 0.15) is 0 Å². The Labute approximate surface area is 150 Å². The van der Waals surface area contributed by atoms with Crippen molar-refractivity contribution in [3.05, 3.63) is 53.0 Å². The maximum Gasteiger partial charge on any atom is 0.261 e. The van der Waals surface area contributed by atoms with E-state index >= 15 is 0 Å². The van der Waals surface area contributed by atoms with Crippen molar-refractivity contribution in [3.8, 4) is 0 Å². The monoisotopic (exact) mass is 410 g/mol. The lowest BCUT2D eigenvalue weighted by molar-refractivity contribution is 0.121. The molecule has 0 amide bonds. The predicted molar refractivity (Wildman–Crippen MR) is 99.0 cm³/mol. The van der Waals surface area contributed by atoms with Crippen LogP contribution in [0.3, 0.4) is 0 Å². The number of sulfonamides is 1. The minimum Gasteiger partial charge on any atom is -0.380 e. The van der Waals surface area contributed by atoms with Gasteiger partial charge in [-0.1, -0.05) is 15.9 Å². The zero-order valence-electron chi connectivity index (χ0n) is 13.3. The van der Waals surface area contributed by atoms with E-state index in [1.54, 1.807) is 43.5 Å². The highest BCUT2D eigenvalue weighted by molar-refractivity contribution is 9.10. The van der Waals surface area contributed by atoms with Crippen LogP contribution in [0.15, 0.2) is 57.9 Å². The molecule has 1 aliphatic rings. The molecule has 1 atom stereocenters. The number of ether oxygens (including phenoxy) is 1. The van der Waals surface area contributed by atoms with Crippen LogP contribution in [-0.2, 0) is 14.8 Å². The van der Waals surface area contributed by atoms with Crippen molar-refractivity contribution in [3.63, 3.8) is 0 Å². The summed E-state index contributed by atoms with van der Waals surface area (Å²) in [6.07, 6.45) is 1.27. The summed E-state index contributed by atoms with van der Waals surface area (Å²) in [6.45, 7) is 1.81. The summed E-state index contributed by atoms with van der Waals surface area (Å²) in [5.41, 5.74) is 1.62. The smallest absolute Gasteiger partial charge is 0.261 e. The standard InChI is InChI=1S/C17H19BrN2O3S/c1-23-16-10-11-20(12-16)15-6-4-14(5-7-15)19-24(21,22)17-8-2-13(18)3-9-17/h2-9,16,19H,10-12H2,1H3. The number of nitrogens with one attached hydrogen (secondary N) is 1. The normalized spacial score (nSPS) is 17.9. The molecular weight excluding hydrogens is 392 g/mol. The van der Waals surface area contributed by atoms with Crippen molar-refractivity contribution in [2.75, 3.05) is 29.8 Å². The van der Waals surface area contributed by atoms with E-state index in [0.29, 0.717) is 5.69 Å². The first-order chi connectivity index (χ1) is 11.5. The highest BCUT2D eigenvalue weighted by Crippen LogP contribution is 2.24. The van der Waals surface area contributed by atoms with E-state index in [0.717, 1.165) is 29.7 Å². The Hall–Kier alpha value is -1.57. The van der Waals surface area contributed by atoms with Crippen molar-refractivity contribution in [1.29, 1.82) is 0 Å². The summed E-state index contributed by atoms with van der Waals surface area (Å²) in [5.74, 6) is 0. The Balaban J connectivity index is 1.71. The molecule has 1 saturated heterocycles. The van der Waals surface area contributed by atoms with Crippen molar-refractivity contribution in [2.45, 2.75) is 17.4 Å². The fourth-order valence-electron chi connectivity index (χ4n) is 2.72. The molecule has 24 heavy (non-hydrogen) atoms. The van der Waals surface area contributed by atoms with Gasteiger partial charge in [0, 0.05) is 36.0 Å². The number of nitrogens with zero attached hydrogens (tertiary/aromatic N) is 1. The Morgan fingerprint density at radius 2 is 1.79 bits per heavy atom. The molecule has 1 heterocycles. The molecule has 1 aliphatic heterocycles. The van der Waals surface area contributed by atoms with Crippen LogP contribution in [0.1, 0.15) is 6.42 Å². The molecule has 0 spiro atoms. The zero-order chi connectivity index (χ0) is 17.2. The Bertz CT molecular complexity index is 792. The van der Waals surface area contributed by atoms with Gasteiger partial charge in [-0.05, 0) is 55.0 Å². The van der Waals surface area contributed by atoms with Gasteiger partial charge in [-0.3, -0.25) is 4.72 Å².